The summed E-state index contributed by atoms with van der Waals surface area (Å²) in [6, 6.07) is 12.7. The topological polar surface area (TPSA) is 58.6 Å². The van der Waals surface area contributed by atoms with Gasteiger partial charge in [0.15, 0.2) is 0 Å². The molecule has 6 heteroatoms. The molecule has 25 heavy (non-hydrogen) atoms. The first-order valence-corrected chi connectivity index (χ1v) is 8.43. The fraction of sp³-hybridized carbons (Fsp3) is 0.263. The van der Waals surface area contributed by atoms with E-state index in [9.17, 15) is 9.59 Å². The van der Waals surface area contributed by atoms with Crippen molar-refractivity contribution in [3.63, 3.8) is 0 Å². The zero-order valence-electron chi connectivity index (χ0n) is 13.9. The first-order valence-electron chi connectivity index (χ1n) is 8.05. The molecule has 0 atom stereocenters. The molecule has 0 bridgehead atoms. The first-order chi connectivity index (χ1) is 12.0. The number of rotatable bonds is 5. The van der Waals surface area contributed by atoms with Crippen molar-refractivity contribution in [2.24, 2.45) is 0 Å². The molecule has 2 amide bonds. The van der Waals surface area contributed by atoms with Crippen LogP contribution in [0, 0.1) is 0 Å². The predicted molar refractivity (Wildman–Crippen MR) is 97.1 cm³/mol. The Morgan fingerprint density at radius 3 is 2.88 bits per heavy atom. The third kappa shape index (κ3) is 4.51. The van der Waals surface area contributed by atoms with Crippen LogP contribution in [0.25, 0.3) is 0 Å². The average Bonchev–Trinajstić information content (AvgIpc) is 3.02. The number of halogens is 1. The lowest BCUT2D eigenvalue weighted by molar-refractivity contribution is -0.132. The highest BCUT2D eigenvalue weighted by Crippen LogP contribution is 2.26. The predicted octanol–water partition coefficient (Wildman–Crippen LogP) is 2.91. The van der Waals surface area contributed by atoms with Crippen LogP contribution in [0.2, 0.25) is 5.02 Å². The van der Waals surface area contributed by atoms with Crippen LogP contribution >= 0.6 is 11.6 Å². The van der Waals surface area contributed by atoms with Crippen molar-refractivity contribution in [3.8, 4) is 5.75 Å². The van der Waals surface area contributed by atoms with Gasteiger partial charge in [-0.25, -0.2) is 0 Å². The summed E-state index contributed by atoms with van der Waals surface area (Å²) in [5, 5.41) is 3.28. The Kier molecular flexibility index (Phi) is 5.24. The van der Waals surface area contributed by atoms with Crippen LogP contribution in [-0.2, 0) is 22.4 Å². The third-order valence-corrected chi connectivity index (χ3v) is 4.26. The maximum atomic E-state index is 12.3. The molecule has 0 spiro atoms. The molecule has 0 aromatic heterocycles. The van der Waals surface area contributed by atoms with Gasteiger partial charge in [0.25, 0.3) is 0 Å². The van der Waals surface area contributed by atoms with E-state index in [0.29, 0.717) is 17.3 Å². The Hall–Kier alpha value is -2.53. The van der Waals surface area contributed by atoms with Crippen LogP contribution in [0.15, 0.2) is 42.5 Å². The molecule has 1 aliphatic heterocycles. The van der Waals surface area contributed by atoms with E-state index in [-0.39, 0.29) is 24.8 Å². The number of hydrogen-bond acceptors (Lipinski definition) is 3. The quantitative estimate of drug-likeness (QED) is 0.894. The second-order valence-corrected chi connectivity index (χ2v) is 6.46. The standard InChI is InChI=1S/C19H19ClN2O3/c1-22(12-18(23)21-16-4-2-3-15(20)11-16)19(24)10-13-5-6-17-14(9-13)7-8-25-17/h2-6,9,11H,7-8,10,12H2,1H3,(H,21,23). The number of nitrogens with zero attached hydrogens (tertiary/aromatic N) is 1. The van der Waals surface area contributed by atoms with Crippen molar-refractivity contribution in [1.29, 1.82) is 0 Å². The van der Waals surface area contributed by atoms with Crippen molar-refractivity contribution < 1.29 is 14.3 Å². The Morgan fingerprint density at radius 1 is 1.24 bits per heavy atom. The summed E-state index contributed by atoms with van der Waals surface area (Å²) in [5.41, 5.74) is 2.67. The minimum absolute atomic E-state index is 0.0145. The number of nitrogens with one attached hydrogen (secondary N) is 1. The monoisotopic (exact) mass is 358 g/mol. The molecule has 0 saturated heterocycles. The molecule has 0 saturated carbocycles. The second-order valence-electron chi connectivity index (χ2n) is 6.03. The number of likely N-dealkylation sites (N-methyl/N-ethyl adjacent to an activating group) is 1. The maximum Gasteiger partial charge on any atom is 0.243 e. The van der Waals surface area contributed by atoms with E-state index in [1.165, 1.54) is 4.90 Å². The van der Waals surface area contributed by atoms with Crippen molar-refractivity contribution in [1.82, 2.24) is 4.90 Å². The molecule has 0 aliphatic carbocycles. The minimum Gasteiger partial charge on any atom is -0.493 e. The summed E-state index contributed by atoms with van der Waals surface area (Å²) in [6.45, 7) is 0.676. The van der Waals surface area contributed by atoms with Crippen LogP contribution in [0.5, 0.6) is 5.75 Å². The number of fused-ring (bicyclic) bond motifs is 1. The van der Waals surface area contributed by atoms with Gasteiger partial charge >= 0.3 is 0 Å². The molecule has 1 N–H and O–H groups in total. The number of hydrogen-bond donors (Lipinski definition) is 1. The van der Waals surface area contributed by atoms with Gasteiger partial charge in [0, 0.05) is 24.2 Å². The Labute approximate surface area is 151 Å². The fourth-order valence-corrected chi connectivity index (χ4v) is 2.92. The summed E-state index contributed by atoms with van der Waals surface area (Å²) in [6.07, 6.45) is 1.13. The van der Waals surface area contributed by atoms with Gasteiger partial charge in [-0.3, -0.25) is 9.59 Å². The summed E-state index contributed by atoms with van der Waals surface area (Å²) in [5.74, 6) is 0.519. The lowest BCUT2D eigenvalue weighted by Crippen LogP contribution is -2.35. The Morgan fingerprint density at radius 2 is 2.08 bits per heavy atom. The molecule has 0 radical (unpaired) electrons. The van der Waals surface area contributed by atoms with Gasteiger partial charge in [-0.15, -0.1) is 0 Å². The van der Waals surface area contributed by atoms with Gasteiger partial charge in [0.2, 0.25) is 11.8 Å². The van der Waals surface area contributed by atoms with Gasteiger partial charge in [-0.2, -0.15) is 0 Å². The largest absolute Gasteiger partial charge is 0.493 e. The number of ether oxygens (including phenoxy) is 1. The van der Waals surface area contributed by atoms with Crippen LogP contribution in [-0.4, -0.2) is 36.9 Å². The van der Waals surface area contributed by atoms with Crippen LogP contribution < -0.4 is 10.1 Å². The van der Waals surface area contributed by atoms with E-state index in [0.717, 1.165) is 23.3 Å². The van der Waals surface area contributed by atoms with E-state index in [2.05, 4.69) is 5.32 Å². The highest BCUT2D eigenvalue weighted by molar-refractivity contribution is 6.30. The van der Waals surface area contributed by atoms with E-state index < -0.39 is 0 Å². The van der Waals surface area contributed by atoms with Crippen LogP contribution in [0.1, 0.15) is 11.1 Å². The lowest BCUT2D eigenvalue weighted by Gasteiger charge is -2.17. The van der Waals surface area contributed by atoms with Crippen molar-refractivity contribution in [3.05, 3.63) is 58.6 Å². The Balaban J connectivity index is 1.54. The van der Waals surface area contributed by atoms with Crippen molar-refractivity contribution in [2.75, 3.05) is 25.5 Å². The summed E-state index contributed by atoms with van der Waals surface area (Å²) >= 11 is 5.89. The van der Waals surface area contributed by atoms with Crippen molar-refractivity contribution in [2.45, 2.75) is 12.8 Å². The van der Waals surface area contributed by atoms with Gasteiger partial charge < -0.3 is 15.0 Å². The molecular weight excluding hydrogens is 340 g/mol. The molecule has 130 valence electrons. The van der Waals surface area contributed by atoms with E-state index in [4.69, 9.17) is 16.3 Å². The van der Waals surface area contributed by atoms with Gasteiger partial charge in [-0.05, 0) is 35.4 Å². The highest BCUT2D eigenvalue weighted by Gasteiger charge is 2.16. The van der Waals surface area contributed by atoms with Gasteiger partial charge in [0.05, 0.1) is 19.6 Å². The number of benzene rings is 2. The van der Waals surface area contributed by atoms with Crippen molar-refractivity contribution >= 4 is 29.1 Å². The molecule has 2 aromatic carbocycles. The molecule has 0 unspecified atom stereocenters. The fourth-order valence-electron chi connectivity index (χ4n) is 2.73. The maximum absolute atomic E-state index is 12.3. The highest BCUT2D eigenvalue weighted by atomic mass is 35.5. The zero-order valence-corrected chi connectivity index (χ0v) is 14.7. The summed E-state index contributed by atoms with van der Waals surface area (Å²) in [4.78, 5) is 25.8. The molecule has 1 heterocycles. The summed E-state index contributed by atoms with van der Waals surface area (Å²) < 4.78 is 5.47. The van der Waals surface area contributed by atoms with E-state index in [1.54, 1.807) is 31.3 Å². The van der Waals surface area contributed by atoms with Gasteiger partial charge in [-0.1, -0.05) is 29.8 Å². The molecule has 5 nitrogen and oxygen atoms in total. The number of carbonyl (C=O) groups is 2. The minimum atomic E-state index is -0.263. The molecule has 0 fully saturated rings. The summed E-state index contributed by atoms with van der Waals surface area (Å²) in [7, 11) is 1.62. The first kappa shape index (κ1) is 17.3. The van der Waals surface area contributed by atoms with Crippen LogP contribution in [0.4, 0.5) is 5.69 Å². The normalized spacial score (nSPS) is 12.2. The smallest absolute Gasteiger partial charge is 0.243 e. The number of anilines is 1. The molecular formula is C19H19ClN2O3. The average molecular weight is 359 g/mol. The molecule has 3 rings (SSSR count). The van der Waals surface area contributed by atoms with Gasteiger partial charge in [0.1, 0.15) is 5.75 Å². The number of amides is 2. The van der Waals surface area contributed by atoms with Crippen LogP contribution in [0.3, 0.4) is 0 Å². The zero-order chi connectivity index (χ0) is 17.8. The van der Waals surface area contributed by atoms with E-state index >= 15 is 0 Å². The Bertz CT molecular complexity index is 807. The SMILES string of the molecule is CN(CC(=O)Nc1cccc(Cl)c1)C(=O)Cc1ccc2c(c1)CCO2. The van der Waals surface area contributed by atoms with E-state index in [1.807, 2.05) is 18.2 Å². The molecule has 1 aliphatic rings. The second kappa shape index (κ2) is 7.57. The third-order valence-electron chi connectivity index (χ3n) is 4.02. The molecule has 2 aromatic rings. The lowest BCUT2D eigenvalue weighted by atomic mass is 10.1. The number of carbonyl (C=O) groups excluding carboxylic acids is 2.